The Hall–Kier alpha value is -1.07. The Bertz CT molecular complexity index is 164. The number of hydrogen-bond donors (Lipinski definition) is 2. The van der Waals surface area contributed by atoms with Gasteiger partial charge in [0.15, 0.2) is 0 Å². The number of carboxylic acid groups (broad SMARTS) is 1. The molecule has 0 heterocycles. The van der Waals surface area contributed by atoms with E-state index in [-0.39, 0.29) is 0 Å². The summed E-state index contributed by atoms with van der Waals surface area (Å²) in [5, 5.41) is 15.3. The Labute approximate surface area is 80.6 Å². The van der Waals surface area contributed by atoms with Crippen molar-refractivity contribution in [3.63, 3.8) is 0 Å². The predicted molar refractivity (Wildman–Crippen MR) is 46.7 cm³/mol. The highest BCUT2D eigenvalue weighted by Crippen LogP contribution is 1.82. The molecule has 0 aromatic heterocycles. The Morgan fingerprint density at radius 3 is 2.31 bits per heavy atom. The van der Waals surface area contributed by atoms with Crippen LogP contribution in [0.1, 0.15) is 6.42 Å². The van der Waals surface area contributed by atoms with Crippen LogP contribution in [-0.2, 0) is 9.53 Å². The topological polar surface area (TPSA) is 83.8 Å². The van der Waals surface area contributed by atoms with E-state index in [9.17, 15) is 4.79 Å². The zero-order chi connectivity index (χ0) is 10.7. The first-order valence-electron chi connectivity index (χ1n) is 3.30. The highest BCUT2D eigenvalue weighted by atomic mass is 35.5. The highest BCUT2D eigenvalue weighted by Gasteiger charge is 1.95. The van der Waals surface area contributed by atoms with Crippen molar-refractivity contribution in [3.8, 4) is 0 Å². The molecule has 0 rings (SSSR count). The van der Waals surface area contributed by atoms with Gasteiger partial charge in [0.2, 0.25) is 0 Å². The summed E-state index contributed by atoms with van der Waals surface area (Å²) in [6.45, 7) is 3.19. The second kappa shape index (κ2) is 10.9. The summed E-state index contributed by atoms with van der Waals surface area (Å²) in [5.41, 5.74) is -1.36. The number of hydrogen-bond acceptors (Lipinski definition) is 4. The van der Waals surface area contributed by atoms with E-state index < -0.39 is 18.0 Å². The molecule has 0 radical (unpaired) electrons. The van der Waals surface area contributed by atoms with E-state index in [1.54, 1.807) is 6.08 Å². The number of carbonyl (C=O) groups is 2. The summed E-state index contributed by atoms with van der Waals surface area (Å²) < 4.78 is 4.47. The van der Waals surface area contributed by atoms with Crippen LogP contribution >= 0.6 is 11.6 Å². The molecule has 0 aliphatic carbocycles. The van der Waals surface area contributed by atoms with Gasteiger partial charge in [0.25, 0.3) is 0 Å². The van der Waals surface area contributed by atoms with Gasteiger partial charge in [0, 0.05) is 11.6 Å². The average Bonchev–Trinajstić information content (AvgIpc) is 2.03. The Kier molecular flexibility index (Phi) is 12.2. The molecule has 0 fully saturated rings. The molecular weight excluding hydrogens is 200 g/mol. The zero-order valence-electron chi connectivity index (χ0n) is 6.90. The van der Waals surface area contributed by atoms with Crippen molar-refractivity contribution in [3.05, 3.63) is 12.7 Å². The van der Waals surface area contributed by atoms with Crippen LogP contribution in [-0.4, -0.2) is 34.8 Å². The number of carbonyl (C=O) groups excluding carboxylic acids is 1. The van der Waals surface area contributed by atoms with E-state index in [4.69, 9.17) is 15.0 Å². The van der Waals surface area contributed by atoms with Crippen molar-refractivity contribution in [2.75, 3.05) is 13.2 Å². The minimum Gasteiger partial charge on any atom is -0.469 e. The van der Waals surface area contributed by atoms with Crippen molar-refractivity contribution in [2.45, 2.75) is 6.42 Å². The Morgan fingerprint density at radius 2 is 2.00 bits per heavy atom. The van der Waals surface area contributed by atoms with Gasteiger partial charge in [-0.05, 0) is 6.42 Å². The minimum absolute atomic E-state index is 0.308. The monoisotopic (exact) mass is 210 g/mol. The van der Waals surface area contributed by atoms with E-state index in [0.29, 0.717) is 13.0 Å². The lowest BCUT2D eigenvalue weighted by Gasteiger charge is -1.97. The molecule has 0 saturated heterocycles. The third-order valence-corrected chi connectivity index (χ3v) is 0.714. The highest BCUT2D eigenvalue weighted by molar-refractivity contribution is 6.60. The molecule has 0 atom stereocenters. The van der Waals surface area contributed by atoms with E-state index in [0.717, 1.165) is 0 Å². The van der Waals surface area contributed by atoms with Crippen LogP contribution in [0.25, 0.3) is 0 Å². The maximum absolute atomic E-state index is 10.2. The third kappa shape index (κ3) is 24.8. The van der Waals surface area contributed by atoms with E-state index >= 15 is 0 Å². The van der Waals surface area contributed by atoms with Gasteiger partial charge in [-0.15, -0.1) is 6.58 Å². The number of esters is 1. The molecule has 0 spiro atoms. The Balaban J connectivity index is 0. The van der Waals surface area contributed by atoms with Crippen LogP contribution in [0.3, 0.4) is 0 Å². The van der Waals surface area contributed by atoms with Gasteiger partial charge in [0.1, 0.15) is 6.61 Å². The molecule has 0 aliphatic heterocycles. The summed E-state index contributed by atoms with van der Waals surface area (Å²) in [5.74, 6) is -0.586. The molecule has 0 unspecified atom stereocenters. The third-order valence-electron chi connectivity index (χ3n) is 0.714. The summed E-state index contributed by atoms with van der Waals surface area (Å²) in [6, 6.07) is 0. The lowest BCUT2D eigenvalue weighted by Crippen LogP contribution is -2.09. The van der Waals surface area contributed by atoms with Gasteiger partial charge in [-0.25, -0.2) is 9.59 Å². The molecule has 0 amide bonds. The van der Waals surface area contributed by atoms with Gasteiger partial charge in [0.05, 0.1) is 6.61 Å². The quantitative estimate of drug-likeness (QED) is 0.313. The minimum atomic E-state index is -1.36. The van der Waals surface area contributed by atoms with E-state index in [2.05, 4.69) is 22.9 Å². The standard InChI is InChI=1S/C6H10O3.CHClO2/c1-2-3-4-9-6(8)5-7;2-1(3)4/h2,7H,1,3-5H2;(H,3,4). The molecule has 0 bridgehead atoms. The SMILES string of the molecule is C=CCCOC(=O)CO.O=C(O)Cl. The van der Waals surface area contributed by atoms with Crippen molar-refractivity contribution < 1.29 is 24.5 Å². The first-order chi connectivity index (χ1) is 6.04. The molecule has 0 saturated carbocycles. The largest absolute Gasteiger partial charge is 0.469 e. The average molecular weight is 211 g/mol. The van der Waals surface area contributed by atoms with Crippen LogP contribution in [0.5, 0.6) is 0 Å². The Morgan fingerprint density at radius 1 is 1.54 bits per heavy atom. The van der Waals surface area contributed by atoms with E-state index in [1.807, 2.05) is 0 Å². The fraction of sp³-hybridized carbons (Fsp3) is 0.429. The van der Waals surface area contributed by atoms with Crippen molar-refractivity contribution in [1.82, 2.24) is 0 Å². The number of ether oxygens (including phenoxy) is 1. The van der Waals surface area contributed by atoms with Crippen LogP contribution < -0.4 is 0 Å². The van der Waals surface area contributed by atoms with E-state index in [1.165, 1.54) is 0 Å². The zero-order valence-corrected chi connectivity index (χ0v) is 7.66. The van der Waals surface area contributed by atoms with Gasteiger partial charge < -0.3 is 14.9 Å². The molecule has 2 N–H and O–H groups in total. The maximum Gasteiger partial charge on any atom is 0.401 e. The fourth-order valence-corrected chi connectivity index (χ4v) is 0.302. The summed E-state index contributed by atoms with van der Waals surface area (Å²) >= 11 is 4.19. The number of aliphatic hydroxyl groups is 1. The summed E-state index contributed by atoms with van der Waals surface area (Å²) in [6.07, 6.45) is 2.27. The van der Waals surface area contributed by atoms with Gasteiger partial charge in [-0.1, -0.05) is 6.08 Å². The number of aliphatic hydroxyl groups excluding tert-OH is 1. The maximum atomic E-state index is 10.2. The molecule has 0 aromatic carbocycles. The normalized spacial score (nSPS) is 7.85. The van der Waals surface area contributed by atoms with Gasteiger partial charge in [-0.2, -0.15) is 0 Å². The molecule has 0 aromatic rings. The second-order valence-electron chi connectivity index (χ2n) is 1.71. The number of rotatable bonds is 4. The first-order valence-corrected chi connectivity index (χ1v) is 3.68. The van der Waals surface area contributed by atoms with Crippen molar-refractivity contribution in [1.29, 1.82) is 0 Å². The van der Waals surface area contributed by atoms with Crippen LogP contribution in [0.4, 0.5) is 4.79 Å². The van der Waals surface area contributed by atoms with Crippen LogP contribution in [0, 0.1) is 0 Å². The second-order valence-corrected chi connectivity index (χ2v) is 2.03. The van der Waals surface area contributed by atoms with Crippen LogP contribution in [0.2, 0.25) is 0 Å². The summed E-state index contributed by atoms with van der Waals surface area (Å²) in [4.78, 5) is 18.9. The lowest BCUT2D eigenvalue weighted by molar-refractivity contribution is -0.146. The molecule has 6 heteroatoms. The fourth-order valence-electron chi connectivity index (χ4n) is 0.302. The van der Waals surface area contributed by atoms with Gasteiger partial charge in [-0.3, -0.25) is 0 Å². The first kappa shape index (κ1) is 14.5. The lowest BCUT2D eigenvalue weighted by atomic mass is 10.5. The number of halogens is 1. The van der Waals surface area contributed by atoms with Gasteiger partial charge >= 0.3 is 11.4 Å². The molecule has 13 heavy (non-hydrogen) atoms. The summed E-state index contributed by atoms with van der Waals surface area (Å²) in [7, 11) is 0. The van der Waals surface area contributed by atoms with Crippen LogP contribution in [0.15, 0.2) is 12.7 Å². The molecule has 0 aliphatic rings. The molecular formula is C7H11ClO5. The molecule has 5 nitrogen and oxygen atoms in total. The smallest absolute Gasteiger partial charge is 0.401 e. The van der Waals surface area contributed by atoms with Crippen molar-refractivity contribution in [2.24, 2.45) is 0 Å². The molecule has 76 valence electrons. The van der Waals surface area contributed by atoms with Crippen molar-refractivity contribution >= 4 is 23.0 Å². The predicted octanol–water partition coefficient (Wildman–Crippen LogP) is 1.00.